The number of nitrogens with zero attached hydrogens (tertiary/aromatic N) is 2. The average Bonchev–Trinajstić information content (AvgIpc) is 3.12. The first-order valence-corrected chi connectivity index (χ1v) is 8.69. The molecular formula is C20H13FN4O2S. The highest BCUT2D eigenvalue weighted by molar-refractivity contribution is 7.80. The predicted octanol–water partition coefficient (Wildman–Crippen LogP) is 4.16. The van der Waals surface area contributed by atoms with Crippen molar-refractivity contribution in [1.82, 2.24) is 15.3 Å². The molecule has 0 saturated carbocycles. The van der Waals surface area contributed by atoms with E-state index in [9.17, 15) is 9.18 Å². The van der Waals surface area contributed by atoms with E-state index in [2.05, 4.69) is 20.6 Å². The molecule has 0 aliphatic heterocycles. The number of hydrogen-bond donors (Lipinski definition) is 2. The smallest absolute Gasteiger partial charge is 0.257 e. The van der Waals surface area contributed by atoms with E-state index in [1.54, 1.807) is 30.5 Å². The van der Waals surface area contributed by atoms with E-state index in [1.165, 1.54) is 18.2 Å². The Labute approximate surface area is 164 Å². The van der Waals surface area contributed by atoms with Crippen molar-refractivity contribution in [3.8, 4) is 11.5 Å². The number of aromatic nitrogens is 2. The average molecular weight is 392 g/mol. The summed E-state index contributed by atoms with van der Waals surface area (Å²) in [7, 11) is 0. The third-order valence-electron chi connectivity index (χ3n) is 3.87. The highest BCUT2D eigenvalue weighted by atomic mass is 32.1. The molecule has 8 heteroatoms. The number of rotatable bonds is 3. The lowest BCUT2D eigenvalue weighted by atomic mass is 10.2. The lowest BCUT2D eigenvalue weighted by molar-refractivity contribution is 0.0977. The highest BCUT2D eigenvalue weighted by Gasteiger charge is 2.10. The van der Waals surface area contributed by atoms with E-state index in [0.29, 0.717) is 22.8 Å². The van der Waals surface area contributed by atoms with E-state index >= 15 is 0 Å². The molecule has 6 nitrogen and oxygen atoms in total. The summed E-state index contributed by atoms with van der Waals surface area (Å²) in [5, 5.41) is 5.52. The third kappa shape index (κ3) is 3.86. The van der Waals surface area contributed by atoms with Crippen LogP contribution in [0.25, 0.3) is 22.7 Å². The van der Waals surface area contributed by atoms with Crippen LogP contribution >= 0.6 is 12.2 Å². The van der Waals surface area contributed by atoms with Crippen molar-refractivity contribution in [2.24, 2.45) is 0 Å². The maximum Gasteiger partial charge on any atom is 0.257 e. The van der Waals surface area contributed by atoms with Gasteiger partial charge in [0.2, 0.25) is 5.89 Å². The van der Waals surface area contributed by atoms with Gasteiger partial charge in [0.25, 0.3) is 5.91 Å². The fourth-order valence-corrected chi connectivity index (χ4v) is 2.77. The summed E-state index contributed by atoms with van der Waals surface area (Å²) in [5.74, 6) is -0.522. The van der Waals surface area contributed by atoms with Gasteiger partial charge >= 0.3 is 0 Å². The Bertz CT molecular complexity index is 1140. The van der Waals surface area contributed by atoms with E-state index in [-0.39, 0.29) is 10.7 Å². The number of oxazole rings is 1. The summed E-state index contributed by atoms with van der Waals surface area (Å²) < 4.78 is 18.9. The van der Waals surface area contributed by atoms with Gasteiger partial charge in [0, 0.05) is 23.0 Å². The number of carbonyl (C=O) groups is 1. The molecular weight excluding hydrogens is 379 g/mol. The zero-order chi connectivity index (χ0) is 19.5. The minimum atomic E-state index is -0.493. The SMILES string of the molecule is O=C(NC(=S)Nc1ccc(-c2nc3ncccc3o2)cc1)c1cccc(F)c1. The molecule has 0 saturated heterocycles. The first kappa shape index (κ1) is 17.7. The number of amides is 1. The van der Waals surface area contributed by atoms with Crippen molar-refractivity contribution < 1.29 is 13.6 Å². The maximum absolute atomic E-state index is 13.2. The normalized spacial score (nSPS) is 10.6. The van der Waals surface area contributed by atoms with Gasteiger partial charge in [-0.05, 0) is 66.8 Å². The molecule has 4 rings (SSSR count). The molecule has 0 spiro atoms. The van der Waals surface area contributed by atoms with Gasteiger partial charge in [0.1, 0.15) is 5.82 Å². The molecule has 2 N–H and O–H groups in total. The second-order valence-corrected chi connectivity index (χ2v) is 6.25. The monoisotopic (exact) mass is 392 g/mol. The molecule has 2 aromatic heterocycles. The molecule has 4 aromatic rings. The van der Waals surface area contributed by atoms with Crippen LogP contribution in [0.5, 0.6) is 0 Å². The first-order valence-electron chi connectivity index (χ1n) is 8.28. The fraction of sp³-hybridized carbons (Fsp3) is 0. The van der Waals surface area contributed by atoms with Gasteiger partial charge < -0.3 is 9.73 Å². The van der Waals surface area contributed by atoms with Gasteiger partial charge in [0.05, 0.1) is 0 Å². The standard InChI is InChI=1S/C20H13FN4O2S/c21-14-4-1-3-13(11-14)18(26)25-20(28)23-15-8-6-12(7-9-15)19-24-17-16(27-19)5-2-10-22-17/h1-11H,(H2,23,25,26,28). The number of carbonyl (C=O) groups excluding carboxylic acids is 1. The van der Waals surface area contributed by atoms with Crippen LogP contribution in [0, 0.1) is 5.82 Å². The number of nitrogens with one attached hydrogen (secondary N) is 2. The quantitative estimate of drug-likeness (QED) is 0.510. The van der Waals surface area contributed by atoms with Crippen LogP contribution in [-0.2, 0) is 0 Å². The van der Waals surface area contributed by atoms with Crippen LogP contribution in [0.1, 0.15) is 10.4 Å². The molecule has 2 aromatic carbocycles. The number of thiocarbonyl (C=S) groups is 1. The second-order valence-electron chi connectivity index (χ2n) is 5.84. The van der Waals surface area contributed by atoms with E-state index in [4.69, 9.17) is 16.6 Å². The van der Waals surface area contributed by atoms with Crippen molar-refractivity contribution in [3.05, 3.63) is 78.2 Å². The Kier molecular flexibility index (Phi) is 4.77. The number of halogens is 1. The largest absolute Gasteiger partial charge is 0.434 e. The Morgan fingerprint density at radius 1 is 1.07 bits per heavy atom. The van der Waals surface area contributed by atoms with Crippen molar-refractivity contribution in [2.75, 3.05) is 5.32 Å². The van der Waals surface area contributed by atoms with Crippen molar-refractivity contribution in [3.63, 3.8) is 0 Å². The Balaban J connectivity index is 1.42. The lowest BCUT2D eigenvalue weighted by Gasteiger charge is -2.10. The van der Waals surface area contributed by atoms with Gasteiger partial charge in [0.15, 0.2) is 16.3 Å². The summed E-state index contributed by atoms with van der Waals surface area (Å²) >= 11 is 5.14. The minimum Gasteiger partial charge on any atom is -0.434 e. The second kappa shape index (κ2) is 7.53. The molecule has 28 heavy (non-hydrogen) atoms. The molecule has 0 aliphatic carbocycles. The van der Waals surface area contributed by atoms with Gasteiger partial charge in [-0.3, -0.25) is 10.1 Å². The summed E-state index contributed by atoms with van der Waals surface area (Å²) in [6.45, 7) is 0. The highest BCUT2D eigenvalue weighted by Crippen LogP contribution is 2.24. The van der Waals surface area contributed by atoms with Crippen LogP contribution in [0.2, 0.25) is 0 Å². The Hall–Kier alpha value is -3.65. The van der Waals surface area contributed by atoms with Gasteiger partial charge in [-0.15, -0.1) is 0 Å². The lowest BCUT2D eigenvalue weighted by Crippen LogP contribution is -2.34. The molecule has 0 aliphatic rings. The predicted molar refractivity (Wildman–Crippen MR) is 107 cm³/mol. The molecule has 0 radical (unpaired) electrons. The van der Waals surface area contributed by atoms with Crippen molar-refractivity contribution in [1.29, 1.82) is 0 Å². The van der Waals surface area contributed by atoms with Gasteiger partial charge in [-0.1, -0.05) is 6.07 Å². The Morgan fingerprint density at radius 3 is 2.64 bits per heavy atom. The number of fused-ring (bicyclic) bond motifs is 1. The molecule has 0 fully saturated rings. The van der Waals surface area contributed by atoms with Crippen molar-refractivity contribution in [2.45, 2.75) is 0 Å². The molecule has 0 unspecified atom stereocenters. The van der Waals surface area contributed by atoms with Gasteiger partial charge in [-0.2, -0.15) is 4.98 Å². The molecule has 0 bridgehead atoms. The summed E-state index contributed by atoms with van der Waals surface area (Å²) in [6.07, 6.45) is 1.65. The Morgan fingerprint density at radius 2 is 1.89 bits per heavy atom. The van der Waals surface area contributed by atoms with E-state index in [1.807, 2.05) is 12.1 Å². The van der Waals surface area contributed by atoms with Crippen molar-refractivity contribution >= 4 is 40.2 Å². The van der Waals surface area contributed by atoms with Crippen LogP contribution < -0.4 is 10.6 Å². The summed E-state index contributed by atoms with van der Waals surface area (Å²) in [4.78, 5) is 20.6. The van der Waals surface area contributed by atoms with Crippen LogP contribution in [-0.4, -0.2) is 21.0 Å². The van der Waals surface area contributed by atoms with Crippen LogP contribution in [0.3, 0.4) is 0 Å². The zero-order valence-electron chi connectivity index (χ0n) is 14.3. The molecule has 1 amide bonds. The number of hydrogen-bond acceptors (Lipinski definition) is 5. The topological polar surface area (TPSA) is 80.0 Å². The fourth-order valence-electron chi connectivity index (χ4n) is 2.56. The van der Waals surface area contributed by atoms with E-state index in [0.717, 1.165) is 11.6 Å². The summed E-state index contributed by atoms with van der Waals surface area (Å²) in [5.41, 5.74) is 2.78. The molecule has 0 atom stereocenters. The van der Waals surface area contributed by atoms with Gasteiger partial charge in [-0.25, -0.2) is 9.37 Å². The number of pyridine rings is 1. The van der Waals surface area contributed by atoms with Crippen LogP contribution in [0.4, 0.5) is 10.1 Å². The zero-order valence-corrected chi connectivity index (χ0v) is 15.2. The number of benzene rings is 2. The third-order valence-corrected chi connectivity index (χ3v) is 4.07. The maximum atomic E-state index is 13.2. The van der Waals surface area contributed by atoms with E-state index < -0.39 is 11.7 Å². The molecule has 138 valence electrons. The first-order chi connectivity index (χ1) is 13.6. The molecule has 2 heterocycles. The summed E-state index contributed by atoms with van der Waals surface area (Å²) in [6, 6.07) is 16.1. The minimum absolute atomic E-state index is 0.105. The number of anilines is 1. The van der Waals surface area contributed by atoms with Crippen LogP contribution in [0.15, 0.2) is 71.3 Å².